The van der Waals surface area contributed by atoms with E-state index in [0.29, 0.717) is 34.4 Å². The summed E-state index contributed by atoms with van der Waals surface area (Å²) in [4.78, 5) is 4.34. The summed E-state index contributed by atoms with van der Waals surface area (Å²) in [5, 5.41) is 12.7. The molecule has 2 heterocycles. The molecule has 2 N–H and O–H groups in total. The molecule has 0 unspecified atom stereocenters. The fraction of sp³-hybridized carbons (Fsp3) is 0.444. The van der Waals surface area contributed by atoms with E-state index in [1.807, 2.05) is 26.0 Å². The molecule has 0 aliphatic rings. The van der Waals surface area contributed by atoms with Gasteiger partial charge >= 0.3 is 0 Å². The highest BCUT2D eigenvalue weighted by atomic mass is 32.2. The van der Waals surface area contributed by atoms with Gasteiger partial charge in [-0.3, -0.25) is 0 Å². The van der Waals surface area contributed by atoms with Crippen molar-refractivity contribution < 1.29 is 9.26 Å². The van der Waals surface area contributed by atoms with Gasteiger partial charge in [0.15, 0.2) is 11.6 Å². The average molecular weight is 388 g/mol. The van der Waals surface area contributed by atoms with Gasteiger partial charge in [-0.15, -0.1) is 10.2 Å². The van der Waals surface area contributed by atoms with Crippen LogP contribution in [0.2, 0.25) is 0 Å². The average Bonchev–Trinajstić information content (AvgIpc) is 3.26. The van der Waals surface area contributed by atoms with Crippen molar-refractivity contribution in [2.24, 2.45) is 0 Å². The van der Waals surface area contributed by atoms with Gasteiger partial charge < -0.3 is 15.1 Å². The zero-order chi connectivity index (χ0) is 19.4. The van der Waals surface area contributed by atoms with Crippen LogP contribution in [0.5, 0.6) is 5.75 Å². The van der Waals surface area contributed by atoms with Crippen molar-refractivity contribution in [3.05, 3.63) is 47.4 Å². The molecule has 0 atom stereocenters. The predicted molar refractivity (Wildman–Crippen MR) is 103 cm³/mol. The Morgan fingerprint density at radius 2 is 1.85 bits per heavy atom. The first-order valence-electron chi connectivity index (χ1n) is 8.81. The van der Waals surface area contributed by atoms with Gasteiger partial charge in [-0.05, 0) is 23.6 Å². The number of ether oxygens (including phenoxy) is 1. The Bertz CT molecular complexity index is 872. The van der Waals surface area contributed by atoms with Crippen LogP contribution in [-0.4, -0.2) is 25.0 Å². The highest BCUT2D eigenvalue weighted by Crippen LogP contribution is 2.22. The van der Waals surface area contributed by atoms with Crippen LogP contribution in [0.3, 0.4) is 0 Å². The molecular weight excluding hydrogens is 364 g/mol. The van der Waals surface area contributed by atoms with Crippen molar-refractivity contribution in [2.45, 2.75) is 57.0 Å². The molecule has 0 spiro atoms. The first-order chi connectivity index (χ1) is 12.9. The fourth-order valence-electron chi connectivity index (χ4n) is 2.29. The van der Waals surface area contributed by atoms with Gasteiger partial charge in [0.1, 0.15) is 12.4 Å². The van der Waals surface area contributed by atoms with Gasteiger partial charge in [-0.25, -0.2) is 4.68 Å². The second-order valence-electron chi connectivity index (χ2n) is 6.77. The smallest absolute Gasteiger partial charge is 0.229 e. The zero-order valence-corrected chi connectivity index (χ0v) is 16.7. The van der Waals surface area contributed by atoms with E-state index in [9.17, 15) is 0 Å². The minimum Gasteiger partial charge on any atom is -0.486 e. The molecule has 1 aromatic carbocycles. The van der Waals surface area contributed by atoms with Gasteiger partial charge in [-0.1, -0.05) is 56.7 Å². The maximum absolute atomic E-state index is 6.08. The fourth-order valence-corrected chi connectivity index (χ4v) is 3.01. The molecular formula is C18H24N6O2S. The zero-order valence-electron chi connectivity index (χ0n) is 15.9. The largest absolute Gasteiger partial charge is 0.486 e. The van der Waals surface area contributed by atoms with Crippen molar-refractivity contribution in [2.75, 3.05) is 5.84 Å². The molecule has 8 nitrogen and oxygen atoms in total. The predicted octanol–water partition coefficient (Wildman–Crippen LogP) is 3.49. The minimum atomic E-state index is 0.202. The van der Waals surface area contributed by atoms with Crippen molar-refractivity contribution in [3.8, 4) is 5.75 Å². The van der Waals surface area contributed by atoms with Gasteiger partial charge in [0.25, 0.3) is 0 Å². The third-order valence-electron chi connectivity index (χ3n) is 3.96. The van der Waals surface area contributed by atoms with Crippen LogP contribution in [0.1, 0.15) is 62.6 Å². The van der Waals surface area contributed by atoms with E-state index in [1.165, 1.54) is 22.0 Å². The molecule has 0 bridgehead atoms. The van der Waals surface area contributed by atoms with E-state index >= 15 is 0 Å². The topological polar surface area (TPSA) is 105 Å². The van der Waals surface area contributed by atoms with Crippen LogP contribution in [0.15, 0.2) is 33.9 Å². The number of hydrogen-bond donors (Lipinski definition) is 1. The molecule has 0 amide bonds. The van der Waals surface area contributed by atoms with Gasteiger partial charge in [-0.2, -0.15) is 4.98 Å². The quantitative estimate of drug-likeness (QED) is 0.462. The molecule has 0 aliphatic heterocycles. The monoisotopic (exact) mass is 388 g/mol. The number of nitrogens with two attached hydrogens (primary N) is 1. The number of aromatic nitrogens is 5. The lowest BCUT2D eigenvalue weighted by atomic mass is 10.0. The molecule has 0 saturated heterocycles. The van der Waals surface area contributed by atoms with Crippen molar-refractivity contribution in [1.29, 1.82) is 0 Å². The summed E-state index contributed by atoms with van der Waals surface area (Å²) in [6.45, 7) is 8.56. The van der Waals surface area contributed by atoms with Crippen LogP contribution in [0, 0.1) is 0 Å². The highest BCUT2D eigenvalue weighted by molar-refractivity contribution is 7.98. The lowest BCUT2D eigenvalue weighted by molar-refractivity contribution is 0.291. The first kappa shape index (κ1) is 19.2. The van der Waals surface area contributed by atoms with E-state index in [-0.39, 0.29) is 12.5 Å². The molecule has 144 valence electrons. The minimum absolute atomic E-state index is 0.202. The van der Waals surface area contributed by atoms with Crippen molar-refractivity contribution in [3.63, 3.8) is 0 Å². The van der Waals surface area contributed by atoms with Gasteiger partial charge in [0.2, 0.25) is 11.0 Å². The maximum Gasteiger partial charge on any atom is 0.229 e. The molecule has 27 heavy (non-hydrogen) atoms. The summed E-state index contributed by atoms with van der Waals surface area (Å²) in [5.41, 5.74) is 1.27. The second-order valence-corrected chi connectivity index (χ2v) is 7.72. The number of nitrogens with zero attached hydrogens (tertiary/aromatic N) is 5. The Morgan fingerprint density at radius 1 is 1.11 bits per heavy atom. The third-order valence-corrected chi connectivity index (χ3v) is 4.90. The maximum atomic E-state index is 6.08. The number of hydrogen-bond acceptors (Lipinski definition) is 8. The summed E-state index contributed by atoms with van der Waals surface area (Å²) >= 11 is 1.40. The second kappa shape index (κ2) is 8.43. The summed E-state index contributed by atoms with van der Waals surface area (Å²) in [6, 6.07) is 8.02. The van der Waals surface area contributed by atoms with Crippen molar-refractivity contribution >= 4 is 11.8 Å². The van der Waals surface area contributed by atoms with E-state index in [2.05, 4.69) is 46.3 Å². The van der Waals surface area contributed by atoms with Gasteiger partial charge in [0.05, 0.1) is 5.75 Å². The molecule has 0 fully saturated rings. The Hall–Kier alpha value is -2.55. The summed E-state index contributed by atoms with van der Waals surface area (Å²) in [7, 11) is 0. The van der Waals surface area contributed by atoms with Crippen LogP contribution in [0.25, 0.3) is 0 Å². The Kier molecular flexibility index (Phi) is 6.00. The van der Waals surface area contributed by atoms with E-state index in [4.69, 9.17) is 15.1 Å². The summed E-state index contributed by atoms with van der Waals surface area (Å²) in [6.07, 6.45) is 0. The standard InChI is InChI=1S/C18H24N6O2S/c1-11(2)13-5-7-14(8-6-13)25-9-16-21-22-18(24(16)19)27-10-15-20-17(12(3)4)26-23-15/h5-8,11-12H,9-10,19H2,1-4H3. The van der Waals surface area contributed by atoms with E-state index < -0.39 is 0 Å². The Morgan fingerprint density at radius 3 is 2.48 bits per heavy atom. The molecule has 0 aliphatic carbocycles. The lowest BCUT2D eigenvalue weighted by Gasteiger charge is -2.08. The molecule has 0 saturated carbocycles. The first-order valence-corrected chi connectivity index (χ1v) is 9.80. The van der Waals surface area contributed by atoms with E-state index in [0.717, 1.165) is 5.75 Å². The molecule has 9 heteroatoms. The third kappa shape index (κ3) is 4.79. The number of thioether (sulfide) groups is 1. The number of benzene rings is 1. The Balaban J connectivity index is 1.56. The van der Waals surface area contributed by atoms with Crippen LogP contribution >= 0.6 is 11.8 Å². The SMILES string of the molecule is CC(C)c1ccc(OCc2nnc(SCc3noc(C(C)C)n3)n2N)cc1. The van der Waals surface area contributed by atoms with Crippen LogP contribution < -0.4 is 10.6 Å². The molecule has 3 rings (SSSR count). The highest BCUT2D eigenvalue weighted by Gasteiger charge is 2.14. The molecule has 3 aromatic rings. The normalized spacial score (nSPS) is 11.5. The van der Waals surface area contributed by atoms with E-state index in [1.54, 1.807) is 0 Å². The summed E-state index contributed by atoms with van der Waals surface area (Å²) in [5.74, 6) is 9.81. The van der Waals surface area contributed by atoms with Crippen LogP contribution in [0.4, 0.5) is 0 Å². The molecule has 2 aromatic heterocycles. The summed E-state index contributed by atoms with van der Waals surface area (Å²) < 4.78 is 12.4. The van der Waals surface area contributed by atoms with Gasteiger partial charge in [0, 0.05) is 5.92 Å². The molecule has 0 radical (unpaired) electrons. The van der Waals surface area contributed by atoms with Crippen molar-refractivity contribution in [1.82, 2.24) is 25.0 Å². The number of rotatable bonds is 8. The van der Waals surface area contributed by atoms with Crippen LogP contribution in [-0.2, 0) is 12.4 Å². The number of nitrogen functional groups attached to an aromatic ring is 1. The lowest BCUT2D eigenvalue weighted by Crippen LogP contribution is -2.15. The Labute approximate surface area is 162 Å².